The SMILES string of the molecule is Cc1nn(C)cc1-c1cccc2c(N)c(C(=O)NCC(C)C)c(=O)[nH]c12. The third-order valence-corrected chi connectivity index (χ3v) is 4.29. The highest BCUT2D eigenvalue weighted by molar-refractivity contribution is 6.09. The van der Waals surface area contributed by atoms with Crippen LogP contribution in [-0.2, 0) is 7.05 Å². The number of pyridine rings is 1. The molecule has 26 heavy (non-hydrogen) atoms. The molecule has 0 saturated carbocycles. The number of carbonyl (C=O) groups excluding carboxylic acids is 1. The molecule has 7 nitrogen and oxygen atoms in total. The second kappa shape index (κ2) is 6.67. The number of hydrogen-bond donors (Lipinski definition) is 3. The van der Waals surface area contributed by atoms with Gasteiger partial charge in [0.15, 0.2) is 0 Å². The normalized spacial score (nSPS) is 11.3. The Labute approximate surface area is 151 Å². The Morgan fingerprint density at radius 2 is 2.08 bits per heavy atom. The summed E-state index contributed by atoms with van der Waals surface area (Å²) in [7, 11) is 1.84. The number of aromatic amines is 1. The summed E-state index contributed by atoms with van der Waals surface area (Å²) in [6.45, 7) is 6.35. The summed E-state index contributed by atoms with van der Waals surface area (Å²) in [6.07, 6.45) is 1.89. The predicted octanol–water partition coefficient (Wildman–Crippen LogP) is 2.21. The standard InChI is InChI=1S/C19H23N5O2/c1-10(2)8-21-18(25)15-16(20)13-7-5-6-12(17(13)22-19(15)26)14-9-24(4)23-11(14)3/h5-7,9-10H,8H2,1-4H3,(H,21,25)(H3,20,22,26). The fourth-order valence-corrected chi connectivity index (χ4v) is 3.04. The number of amides is 1. The van der Waals surface area contributed by atoms with Gasteiger partial charge in [0.05, 0.1) is 16.9 Å². The molecule has 0 atom stereocenters. The van der Waals surface area contributed by atoms with Crippen molar-refractivity contribution in [1.82, 2.24) is 20.1 Å². The van der Waals surface area contributed by atoms with E-state index in [2.05, 4.69) is 15.4 Å². The number of nitrogen functional groups attached to an aromatic ring is 1. The van der Waals surface area contributed by atoms with Crippen molar-refractivity contribution < 1.29 is 4.79 Å². The molecule has 7 heteroatoms. The van der Waals surface area contributed by atoms with Gasteiger partial charge >= 0.3 is 0 Å². The minimum Gasteiger partial charge on any atom is -0.397 e. The van der Waals surface area contributed by atoms with Crippen molar-refractivity contribution in [2.45, 2.75) is 20.8 Å². The van der Waals surface area contributed by atoms with Crippen LogP contribution in [0.25, 0.3) is 22.0 Å². The van der Waals surface area contributed by atoms with Crippen LogP contribution in [0, 0.1) is 12.8 Å². The molecule has 0 fully saturated rings. The van der Waals surface area contributed by atoms with E-state index in [1.807, 2.05) is 46.1 Å². The topological polar surface area (TPSA) is 106 Å². The summed E-state index contributed by atoms with van der Waals surface area (Å²) in [5.41, 5.74) is 9.05. The molecule has 4 N–H and O–H groups in total. The zero-order chi connectivity index (χ0) is 19.0. The van der Waals surface area contributed by atoms with Crippen LogP contribution in [0.5, 0.6) is 0 Å². The number of benzene rings is 1. The van der Waals surface area contributed by atoms with Crippen LogP contribution in [0.2, 0.25) is 0 Å². The van der Waals surface area contributed by atoms with E-state index in [1.165, 1.54) is 0 Å². The number of rotatable bonds is 4. The van der Waals surface area contributed by atoms with E-state index in [0.29, 0.717) is 17.4 Å². The fourth-order valence-electron chi connectivity index (χ4n) is 3.04. The number of H-pyrrole nitrogens is 1. The second-order valence-electron chi connectivity index (χ2n) is 6.88. The molecule has 3 rings (SSSR count). The average Bonchev–Trinajstić information content (AvgIpc) is 2.90. The molecule has 2 heterocycles. The summed E-state index contributed by atoms with van der Waals surface area (Å²) in [5.74, 6) is -0.179. The van der Waals surface area contributed by atoms with Crippen molar-refractivity contribution in [2.24, 2.45) is 13.0 Å². The number of nitrogens with zero attached hydrogens (tertiary/aromatic N) is 2. The highest BCUT2D eigenvalue weighted by atomic mass is 16.2. The number of para-hydroxylation sites is 1. The fraction of sp³-hybridized carbons (Fsp3) is 0.316. The zero-order valence-corrected chi connectivity index (χ0v) is 15.4. The van der Waals surface area contributed by atoms with Crippen molar-refractivity contribution >= 4 is 22.5 Å². The lowest BCUT2D eigenvalue weighted by Crippen LogP contribution is -2.33. The number of carbonyl (C=O) groups is 1. The van der Waals surface area contributed by atoms with Gasteiger partial charge in [-0.1, -0.05) is 32.0 Å². The number of fused-ring (bicyclic) bond motifs is 1. The van der Waals surface area contributed by atoms with Gasteiger partial charge in [0.1, 0.15) is 5.56 Å². The number of hydrogen-bond acceptors (Lipinski definition) is 4. The van der Waals surface area contributed by atoms with Gasteiger partial charge in [0.25, 0.3) is 11.5 Å². The Morgan fingerprint density at radius 3 is 2.69 bits per heavy atom. The highest BCUT2D eigenvalue weighted by Gasteiger charge is 2.20. The monoisotopic (exact) mass is 353 g/mol. The maximum absolute atomic E-state index is 12.6. The van der Waals surface area contributed by atoms with E-state index in [1.54, 1.807) is 10.7 Å². The minimum absolute atomic E-state index is 0.0433. The van der Waals surface area contributed by atoms with Crippen molar-refractivity contribution in [3.63, 3.8) is 0 Å². The third kappa shape index (κ3) is 3.08. The Bertz CT molecular complexity index is 1050. The molecular weight excluding hydrogens is 330 g/mol. The predicted molar refractivity (Wildman–Crippen MR) is 103 cm³/mol. The minimum atomic E-state index is -0.495. The summed E-state index contributed by atoms with van der Waals surface area (Å²) < 4.78 is 1.72. The maximum atomic E-state index is 12.6. The van der Waals surface area contributed by atoms with E-state index >= 15 is 0 Å². The van der Waals surface area contributed by atoms with Gasteiger partial charge < -0.3 is 16.0 Å². The zero-order valence-electron chi connectivity index (χ0n) is 15.4. The molecule has 0 unspecified atom stereocenters. The van der Waals surface area contributed by atoms with Crippen LogP contribution in [0.4, 0.5) is 5.69 Å². The van der Waals surface area contributed by atoms with Gasteiger partial charge in [0.2, 0.25) is 0 Å². The number of aromatic nitrogens is 3. The molecule has 0 bridgehead atoms. The lowest BCUT2D eigenvalue weighted by Gasteiger charge is -2.12. The van der Waals surface area contributed by atoms with Gasteiger partial charge in [-0.05, 0) is 12.8 Å². The molecule has 0 aliphatic heterocycles. The van der Waals surface area contributed by atoms with Crippen LogP contribution in [0.1, 0.15) is 29.9 Å². The first-order valence-electron chi connectivity index (χ1n) is 8.53. The molecule has 0 saturated heterocycles. The molecule has 136 valence electrons. The van der Waals surface area contributed by atoms with Crippen LogP contribution in [-0.4, -0.2) is 27.2 Å². The van der Waals surface area contributed by atoms with E-state index in [4.69, 9.17) is 5.73 Å². The number of nitrogens with two attached hydrogens (primary N) is 1. The third-order valence-electron chi connectivity index (χ3n) is 4.29. The van der Waals surface area contributed by atoms with Gasteiger partial charge in [-0.2, -0.15) is 5.10 Å². The van der Waals surface area contributed by atoms with Gasteiger partial charge in [0, 0.05) is 36.3 Å². The van der Waals surface area contributed by atoms with Crippen LogP contribution in [0.3, 0.4) is 0 Å². The molecular formula is C19H23N5O2. The first-order chi connectivity index (χ1) is 12.3. The summed E-state index contributed by atoms with van der Waals surface area (Å²) >= 11 is 0. The molecule has 0 radical (unpaired) electrons. The number of anilines is 1. The largest absolute Gasteiger partial charge is 0.397 e. The Kier molecular flexibility index (Phi) is 4.54. The van der Waals surface area contributed by atoms with E-state index in [0.717, 1.165) is 16.8 Å². The quantitative estimate of drug-likeness (QED) is 0.668. The van der Waals surface area contributed by atoms with Crippen LogP contribution < -0.4 is 16.6 Å². The molecule has 0 spiro atoms. The smallest absolute Gasteiger partial charge is 0.263 e. The van der Waals surface area contributed by atoms with Crippen molar-refractivity contribution in [3.8, 4) is 11.1 Å². The van der Waals surface area contributed by atoms with Crippen LogP contribution in [0.15, 0.2) is 29.2 Å². The van der Waals surface area contributed by atoms with E-state index in [-0.39, 0.29) is 17.2 Å². The summed E-state index contributed by atoms with van der Waals surface area (Å²) in [6, 6.07) is 5.56. The Balaban J connectivity index is 2.18. The molecule has 2 aromatic heterocycles. The number of aryl methyl sites for hydroxylation is 2. The van der Waals surface area contributed by atoms with Crippen molar-refractivity contribution in [1.29, 1.82) is 0 Å². The van der Waals surface area contributed by atoms with E-state index in [9.17, 15) is 9.59 Å². The molecule has 1 amide bonds. The molecule has 0 aliphatic carbocycles. The van der Waals surface area contributed by atoms with Gasteiger partial charge in [-0.25, -0.2) is 0 Å². The van der Waals surface area contributed by atoms with Crippen LogP contribution >= 0.6 is 0 Å². The van der Waals surface area contributed by atoms with E-state index < -0.39 is 11.5 Å². The first-order valence-corrected chi connectivity index (χ1v) is 8.53. The van der Waals surface area contributed by atoms with Gasteiger partial charge in [-0.15, -0.1) is 0 Å². The van der Waals surface area contributed by atoms with Crippen molar-refractivity contribution in [3.05, 3.63) is 46.0 Å². The number of nitrogens with one attached hydrogen (secondary N) is 2. The summed E-state index contributed by atoms with van der Waals surface area (Å²) in [4.78, 5) is 27.9. The summed E-state index contributed by atoms with van der Waals surface area (Å²) in [5, 5.41) is 7.75. The van der Waals surface area contributed by atoms with Crippen molar-refractivity contribution in [2.75, 3.05) is 12.3 Å². The first kappa shape index (κ1) is 17.7. The molecule has 3 aromatic rings. The highest BCUT2D eigenvalue weighted by Crippen LogP contribution is 2.31. The lowest BCUT2D eigenvalue weighted by molar-refractivity contribution is 0.0948. The lowest BCUT2D eigenvalue weighted by atomic mass is 10.0. The van der Waals surface area contributed by atoms with Gasteiger partial charge in [-0.3, -0.25) is 14.3 Å². The second-order valence-corrected chi connectivity index (χ2v) is 6.88. The Morgan fingerprint density at radius 1 is 1.35 bits per heavy atom. The Hall–Kier alpha value is -3.09. The molecule has 0 aliphatic rings. The molecule has 1 aromatic carbocycles. The maximum Gasteiger partial charge on any atom is 0.263 e. The average molecular weight is 353 g/mol.